The molecular formula is C9H9NO3S. The lowest BCUT2D eigenvalue weighted by Crippen LogP contribution is -2.06. The van der Waals surface area contributed by atoms with Crippen LogP contribution in [0.15, 0.2) is 24.3 Å². The van der Waals surface area contributed by atoms with E-state index in [-0.39, 0.29) is 5.90 Å². The number of hydrogen-bond acceptors (Lipinski definition) is 4. The fourth-order valence-corrected chi connectivity index (χ4v) is 1.00. The van der Waals surface area contributed by atoms with Gasteiger partial charge in [0.2, 0.25) is 5.90 Å². The summed E-state index contributed by atoms with van der Waals surface area (Å²) < 4.78 is 9.44. The van der Waals surface area contributed by atoms with E-state index in [9.17, 15) is 4.79 Å². The minimum absolute atomic E-state index is 0.246. The number of nitrogens with one attached hydrogen (secondary N) is 1. The maximum absolute atomic E-state index is 10.5. The van der Waals surface area contributed by atoms with E-state index in [1.165, 1.54) is 7.11 Å². The Morgan fingerprint density at radius 3 is 2.79 bits per heavy atom. The first-order valence-electron chi connectivity index (χ1n) is 3.77. The second-order valence-corrected chi connectivity index (χ2v) is 2.79. The summed E-state index contributed by atoms with van der Waals surface area (Å²) in [6.07, 6.45) is 0. The summed E-state index contributed by atoms with van der Waals surface area (Å²) in [4.78, 5) is 10.5. The Morgan fingerprint density at radius 2 is 2.21 bits per heavy atom. The van der Waals surface area contributed by atoms with Crippen molar-refractivity contribution < 1.29 is 14.3 Å². The minimum atomic E-state index is -0.808. The average molecular weight is 211 g/mol. The highest BCUT2D eigenvalue weighted by Crippen LogP contribution is 2.13. The Hall–Kier alpha value is -1.49. The van der Waals surface area contributed by atoms with Crippen molar-refractivity contribution in [2.75, 3.05) is 7.11 Å². The van der Waals surface area contributed by atoms with Gasteiger partial charge in [-0.2, -0.15) is 0 Å². The number of benzene rings is 1. The van der Waals surface area contributed by atoms with Gasteiger partial charge in [-0.05, 0) is 18.2 Å². The van der Waals surface area contributed by atoms with E-state index in [1.807, 2.05) is 0 Å². The van der Waals surface area contributed by atoms with Crippen LogP contribution in [0.5, 0.6) is 5.75 Å². The summed E-state index contributed by atoms with van der Waals surface area (Å²) in [7, 11) is 1.52. The molecule has 0 aliphatic heterocycles. The van der Waals surface area contributed by atoms with Gasteiger partial charge < -0.3 is 9.47 Å². The van der Waals surface area contributed by atoms with Crippen LogP contribution in [0, 0.1) is 5.41 Å². The van der Waals surface area contributed by atoms with Crippen LogP contribution in [0.3, 0.4) is 0 Å². The molecule has 0 aliphatic rings. The van der Waals surface area contributed by atoms with Crippen LogP contribution in [0.1, 0.15) is 5.56 Å². The number of ether oxygens (including phenoxy) is 2. The van der Waals surface area contributed by atoms with Gasteiger partial charge in [-0.15, -0.1) is 0 Å². The predicted molar refractivity (Wildman–Crippen MR) is 55.3 cm³/mol. The van der Waals surface area contributed by atoms with Crippen molar-refractivity contribution in [3.8, 4) is 5.75 Å². The van der Waals surface area contributed by atoms with Crippen molar-refractivity contribution >= 4 is 23.8 Å². The third-order valence-corrected chi connectivity index (χ3v) is 1.61. The molecule has 0 bridgehead atoms. The first-order valence-corrected chi connectivity index (χ1v) is 4.22. The standard InChI is InChI=1S/C9H9NO3S/c1-12-7-4-2-3-6(5-7)8(10)13-9(11)14/h2-5,10H,1H3,(H,11,14). The zero-order chi connectivity index (χ0) is 10.6. The maximum Gasteiger partial charge on any atom is 0.370 e. The molecule has 0 atom stereocenters. The second-order valence-electron chi connectivity index (χ2n) is 2.43. The number of rotatable bonds is 2. The summed E-state index contributed by atoms with van der Waals surface area (Å²) in [6, 6.07) is 6.68. The zero-order valence-corrected chi connectivity index (χ0v) is 8.38. The molecule has 0 heterocycles. The van der Waals surface area contributed by atoms with Gasteiger partial charge in [0.05, 0.1) is 7.11 Å². The molecule has 0 saturated carbocycles. The predicted octanol–water partition coefficient (Wildman–Crippen LogP) is 2.09. The van der Waals surface area contributed by atoms with Gasteiger partial charge in [-0.1, -0.05) is 18.7 Å². The number of carbonyl (C=O) groups excluding carboxylic acids is 1. The van der Waals surface area contributed by atoms with Gasteiger partial charge in [0.25, 0.3) is 0 Å². The third kappa shape index (κ3) is 2.77. The topological polar surface area (TPSA) is 59.4 Å². The molecule has 0 aliphatic carbocycles. The molecule has 5 heteroatoms. The summed E-state index contributed by atoms with van der Waals surface area (Å²) in [5.41, 5.74) is 0.465. The van der Waals surface area contributed by atoms with Gasteiger partial charge in [-0.25, -0.2) is 4.79 Å². The molecule has 1 aromatic carbocycles. The molecule has 1 N–H and O–H groups in total. The smallest absolute Gasteiger partial charge is 0.370 e. The largest absolute Gasteiger partial charge is 0.497 e. The van der Waals surface area contributed by atoms with Gasteiger partial charge in [0.1, 0.15) is 5.75 Å². The fourth-order valence-electron chi connectivity index (χ4n) is 0.911. The normalized spacial score (nSPS) is 9.29. The molecule has 4 nitrogen and oxygen atoms in total. The highest BCUT2D eigenvalue weighted by atomic mass is 32.1. The molecule has 0 unspecified atom stereocenters. The Kier molecular flexibility index (Phi) is 3.53. The van der Waals surface area contributed by atoms with E-state index < -0.39 is 5.30 Å². The van der Waals surface area contributed by atoms with Crippen LogP contribution >= 0.6 is 12.6 Å². The summed E-state index contributed by atoms with van der Waals surface area (Å²) in [6.45, 7) is 0. The van der Waals surface area contributed by atoms with Crippen LogP contribution in [0.4, 0.5) is 4.79 Å². The van der Waals surface area contributed by atoms with Crippen LogP contribution in [0.25, 0.3) is 0 Å². The first kappa shape index (κ1) is 10.6. The fraction of sp³-hybridized carbons (Fsp3) is 0.111. The van der Waals surface area contributed by atoms with Gasteiger partial charge in [0, 0.05) is 5.56 Å². The van der Waals surface area contributed by atoms with Crippen molar-refractivity contribution in [1.29, 1.82) is 5.41 Å². The summed E-state index contributed by atoms with van der Waals surface area (Å²) in [5.74, 6) is 0.353. The molecule has 0 saturated heterocycles. The lowest BCUT2D eigenvalue weighted by molar-refractivity contribution is 0.225. The Labute approximate surface area is 86.8 Å². The molecule has 1 rings (SSSR count). The van der Waals surface area contributed by atoms with Gasteiger partial charge in [-0.3, -0.25) is 5.41 Å². The van der Waals surface area contributed by atoms with Crippen molar-refractivity contribution in [2.24, 2.45) is 0 Å². The maximum atomic E-state index is 10.5. The van der Waals surface area contributed by atoms with Crippen LogP contribution < -0.4 is 4.74 Å². The van der Waals surface area contributed by atoms with E-state index in [1.54, 1.807) is 24.3 Å². The molecule has 0 amide bonds. The summed E-state index contributed by atoms with van der Waals surface area (Å²) in [5, 5.41) is 6.58. The molecule has 0 spiro atoms. The highest BCUT2D eigenvalue weighted by molar-refractivity contribution is 7.96. The van der Waals surface area contributed by atoms with Crippen molar-refractivity contribution in [3.05, 3.63) is 29.8 Å². The van der Waals surface area contributed by atoms with E-state index in [4.69, 9.17) is 10.1 Å². The molecular weight excluding hydrogens is 202 g/mol. The number of methoxy groups -OCH3 is 1. The van der Waals surface area contributed by atoms with Crippen LogP contribution in [-0.4, -0.2) is 18.3 Å². The SMILES string of the molecule is COc1cccc(C(=N)OC(=O)S)c1. The van der Waals surface area contributed by atoms with Crippen molar-refractivity contribution in [2.45, 2.75) is 0 Å². The molecule has 0 aromatic heterocycles. The number of thiol groups is 1. The van der Waals surface area contributed by atoms with E-state index in [2.05, 4.69) is 17.4 Å². The molecule has 0 fully saturated rings. The molecule has 14 heavy (non-hydrogen) atoms. The quantitative estimate of drug-likeness (QED) is 0.341. The molecule has 0 radical (unpaired) electrons. The molecule has 74 valence electrons. The Balaban J connectivity index is 2.84. The average Bonchev–Trinajstić information content (AvgIpc) is 2.17. The highest BCUT2D eigenvalue weighted by Gasteiger charge is 2.06. The monoisotopic (exact) mass is 211 g/mol. The summed E-state index contributed by atoms with van der Waals surface area (Å²) >= 11 is 3.40. The first-order chi connectivity index (χ1) is 6.63. The zero-order valence-electron chi connectivity index (χ0n) is 7.48. The Bertz CT molecular complexity index is 365. The number of carbonyl (C=O) groups is 1. The lowest BCUT2D eigenvalue weighted by atomic mass is 10.2. The van der Waals surface area contributed by atoms with E-state index in [0.717, 1.165) is 0 Å². The van der Waals surface area contributed by atoms with E-state index >= 15 is 0 Å². The van der Waals surface area contributed by atoms with Crippen molar-refractivity contribution in [1.82, 2.24) is 0 Å². The molecule has 1 aromatic rings. The van der Waals surface area contributed by atoms with Crippen LogP contribution in [-0.2, 0) is 4.74 Å². The van der Waals surface area contributed by atoms with Crippen LogP contribution in [0.2, 0.25) is 0 Å². The minimum Gasteiger partial charge on any atom is -0.497 e. The third-order valence-electron chi connectivity index (χ3n) is 1.52. The second kappa shape index (κ2) is 4.66. The van der Waals surface area contributed by atoms with Crippen molar-refractivity contribution in [3.63, 3.8) is 0 Å². The van der Waals surface area contributed by atoms with E-state index in [0.29, 0.717) is 11.3 Å². The number of hydrogen-bond donors (Lipinski definition) is 2. The lowest BCUT2D eigenvalue weighted by Gasteiger charge is -2.04. The Morgan fingerprint density at radius 1 is 1.50 bits per heavy atom. The van der Waals surface area contributed by atoms with Gasteiger partial charge in [0.15, 0.2) is 0 Å². The van der Waals surface area contributed by atoms with Gasteiger partial charge >= 0.3 is 5.30 Å².